The van der Waals surface area contributed by atoms with Gasteiger partial charge in [0, 0.05) is 5.56 Å². The van der Waals surface area contributed by atoms with Crippen LogP contribution >= 0.6 is 0 Å². The van der Waals surface area contributed by atoms with Crippen LogP contribution in [0.1, 0.15) is 5.82 Å². The fraction of sp³-hybridized carbons (Fsp3) is 0.250. The highest BCUT2D eigenvalue weighted by Gasteiger charge is 2.07. The first-order valence-electron chi connectivity index (χ1n) is 4.98. The number of hydrogen-bond donors (Lipinski definition) is 1. The van der Waals surface area contributed by atoms with Crippen molar-refractivity contribution in [3.05, 3.63) is 30.2 Å². The molecule has 4 nitrogen and oxygen atoms in total. The zero-order chi connectivity index (χ0) is 11.5. The van der Waals surface area contributed by atoms with E-state index in [0.29, 0.717) is 5.75 Å². The summed E-state index contributed by atoms with van der Waals surface area (Å²) in [6, 6.07) is 5.77. The summed E-state index contributed by atoms with van der Waals surface area (Å²) in [6.07, 6.45) is 1.80. The third-order valence-electron chi connectivity index (χ3n) is 2.40. The minimum atomic E-state index is 0.715. The van der Waals surface area contributed by atoms with Gasteiger partial charge in [0.1, 0.15) is 5.82 Å². The molecule has 4 heteroatoms. The molecule has 0 radical (unpaired) electrons. The Labute approximate surface area is 94.2 Å². The number of aromatic nitrogens is 2. The molecule has 1 aromatic heterocycles. The third kappa shape index (κ3) is 1.86. The molecule has 0 aliphatic rings. The average molecular weight is 218 g/mol. The van der Waals surface area contributed by atoms with E-state index in [4.69, 9.17) is 9.47 Å². The van der Waals surface area contributed by atoms with Gasteiger partial charge in [-0.1, -0.05) is 0 Å². The van der Waals surface area contributed by atoms with Gasteiger partial charge < -0.3 is 14.5 Å². The SMILES string of the molecule is COc1ccc(-c2cnc(C)[nH]2)cc1OC. The number of ether oxygens (including phenoxy) is 2. The number of rotatable bonds is 3. The van der Waals surface area contributed by atoms with E-state index >= 15 is 0 Å². The lowest BCUT2D eigenvalue weighted by Crippen LogP contribution is -1.90. The standard InChI is InChI=1S/C12H14N2O2/c1-8-13-7-10(14-8)9-4-5-11(15-2)12(6-9)16-3/h4-7H,1-3H3,(H,13,14). The number of nitrogens with zero attached hydrogens (tertiary/aromatic N) is 1. The van der Waals surface area contributed by atoms with Crippen molar-refractivity contribution >= 4 is 0 Å². The molecule has 0 fully saturated rings. The number of aromatic amines is 1. The topological polar surface area (TPSA) is 47.1 Å². The number of imidazole rings is 1. The van der Waals surface area contributed by atoms with Crippen LogP contribution in [-0.2, 0) is 0 Å². The van der Waals surface area contributed by atoms with Gasteiger partial charge in [-0.05, 0) is 25.1 Å². The molecule has 0 saturated heterocycles. The molecule has 2 rings (SSSR count). The van der Waals surface area contributed by atoms with Crippen LogP contribution in [0.2, 0.25) is 0 Å². The average Bonchev–Trinajstić information content (AvgIpc) is 2.75. The first-order chi connectivity index (χ1) is 7.74. The Hall–Kier alpha value is -1.97. The fourth-order valence-electron chi connectivity index (χ4n) is 1.57. The molecule has 0 aliphatic heterocycles. The maximum absolute atomic E-state index is 5.25. The molecule has 0 spiro atoms. The third-order valence-corrected chi connectivity index (χ3v) is 2.40. The Balaban J connectivity index is 2.43. The smallest absolute Gasteiger partial charge is 0.161 e. The summed E-state index contributed by atoms with van der Waals surface area (Å²) in [7, 11) is 3.25. The van der Waals surface area contributed by atoms with Crippen molar-refractivity contribution in [1.29, 1.82) is 0 Å². The van der Waals surface area contributed by atoms with Crippen LogP contribution in [0, 0.1) is 6.92 Å². The first kappa shape index (κ1) is 10.5. The second-order valence-electron chi connectivity index (χ2n) is 3.45. The molecule has 16 heavy (non-hydrogen) atoms. The summed E-state index contributed by atoms with van der Waals surface area (Å²) >= 11 is 0. The van der Waals surface area contributed by atoms with Crippen molar-refractivity contribution in [3.8, 4) is 22.8 Å². The summed E-state index contributed by atoms with van der Waals surface area (Å²) in [5.41, 5.74) is 2.00. The maximum atomic E-state index is 5.25. The fourth-order valence-corrected chi connectivity index (χ4v) is 1.57. The van der Waals surface area contributed by atoms with Gasteiger partial charge in [-0.15, -0.1) is 0 Å². The minimum Gasteiger partial charge on any atom is -0.493 e. The number of benzene rings is 1. The van der Waals surface area contributed by atoms with Gasteiger partial charge in [0.25, 0.3) is 0 Å². The molecule has 0 aliphatic carbocycles. The van der Waals surface area contributed by atoms with E-state index in [1.54, 1.807) is 20.4 Å². The van der Waals surface area contributed by atoms with E-state index in [2.05, 4.69) is 9.97 Å². The van der Waals surface area contributed by atoms with Gasteiger partial charge in [-0.25, -0.2) is 4.98 Å². The Morgan fingerprint density at radius 3 is 2.44 bits per heavy atom. The van der Waals surface area contributed by atoms with Gasteiger partial charge in [-0.3, -0.25) is 0 Å². The van der Waals surface area contributed by atoms with E-state index < -0.39 is 0 Å². The normalized spacial score (nSPS) is 10.2. The van der Waals surface area contributed by atoms with Crippen LogP contribution in [0.4, 0.5) is 0 Å². The van der Waals surface area contributed by atoms with Crippen molar-refractivity contribution < 1.29 is 9.47 Å². The molecule has 0 atom stereocenters. The van der Waals surface area contributed by atoms with E-state index in [0.717, 1.165) is 22.8 Å². The van der Waals surface area contributed by atoms with Crippen molar-refractivity contribution in [2.75, 3.05) is 14.2 Å². The molecule has 0 unspecified atom stereocenters. The van der Waals surface area contributed by atoms with Crippen LogP contribution in [0.5, 0.6) is 11.5 Å². The Bertz CT molecular complexity index is 492. The zero-order valence-electron chi connectivity index (χ0n) is 9.57. The highest BCUT2D eigenvalue weighted by atomic mass is 16.5. The molecule has 1 N–H and O–H groups in total. The molecular weight excluding hydrogens is 204 g/mol. The van der Waals surface area contributed by atoms with Crippen molar-refractivity contribution in [2.24, 2.45) is 0 Å². The van der Waals surface area contributed by atoms with Crippen LogP contribution in [0.3, 0.4) is 0 Å². The van der Waals surface area contributed by atoms with Gasteiger partial charge in [-0.2, -0.15) is 0 Å². The zero-order valence-corrected chi connectivity index (χ0v) is 9.57. The lowest BCUT2D eigenvalue weighted by atomic mass is 10.1. The van der Waals surface area contributed by atoms with Gasteiger partial charge >= 0.3 is 0 Å². The van der Waals surface area contributed by atoms with Crippen molar-refractivity contribution in [1.82, 2.24) is 9.97 Å². The summed E-state index contributed by atoms with van der Waals surface area (Å²) in [5.74, 6) is 2.33. The largest absolute Gasteiger partial charge is 0.493 e. The molecular formula is C12H14N2O2. The lowest BCUT2D eigenvalue weighted by molar-refractivity contribution is 0.355. The second-order valence-corrected chi connectivity index (χ2v) is 3.45. The van der Waals surface area contributed by atoms with Gasteiger partial charge in [0.2, 0.25) is 0 Å². The van der Waals surface area contributed by atoms with Crippen LogP contribution in [-0.4, -0.2) is 24.2 Å². The van der Waals surface area contributed by atoms with Gasteiger partial charge in [0.15, 0.2) is 11.5 Å². The molecule has 0 saturated carbocycles. The predicted octanol–water partition coefficient (Wildman–Crippen LogP) is 2.40. The summed E-state index contributed by atoms with van der Waals surface area (Å²) in [5, 5.41) is 0. The second kappa shape index (κ2) is 4.26. The minimum absolute atomic E-state index is 0.715. The molecule has 1 heterocycles. The number of nitrogens with one attached hydrogen (secondary N) is 1. The molecule has 0 amide bonds. The van der Waals surface area contributed by atoms with Crippen LogP contribution < -0.4 is 9.47 Å². The van der Waals surface area contributed by atoms with E-state index in [9.17, 15) is 0 Å². The number of aryl methyl sites for hydroxylation is 1. The molecule has 2 aromatic rings. The first-order valence-corrected chi connectivity index (χ1v) is 4.98. The van der Waals surface area contributed by atoms with Crippen LogP contribution in [0.25, 0.3) is 11.3 Å². The monoisotopic (exact) mass is 218 g/mol. The highest BCUT2D eigenvalue weighted by molar-refractivity contribution is 5.63. The summed E-state index contributed by atoms with van der Waals surface area (Å²) in [6.45, 7) is 1.92. The Morgan fingerprint density at radius 1 is 1.12 bits per heavy atom. The highest BCUT2D eigenvalue weighted by Crippen LogP contribution is 2.31. The maximum Gasteiger partial charge on any atom is 0.161 e. The molecule has 84 valence electrons. The van der Waals surface area contributed by atoms with Crippen LogP contribution in [0.15, 0.2) is 24.4 Å². The van der Waals surface area contributed by atoms with Crippen molar-refractivity contribution in [3.63, 3.8) is 0 Å². The molecule has 0 bridgehead atoms. The Morgan fingerprint density at radius 2 is 1.88 bits per heavy atom. The van der Waals surface area contributed by atoms with Crippen molar-refractivity contribution in [2.45, 2.75) is 6.92 Å². The summed E-state index contributed by atoms with van der Waals surface area (Å²) < 4.78 is 10.4. The van der Waals surface area contributed by atoms with E-state index in [1.165, 1.54) is 0 Å². The van der Waals surface area contributed by atoms with Gasteiger partial charge in [0.05, 0.1) is 26.1 Å². The molecule has 1 aromatic carbocycles. The van der Waals surface area contributed by atoms with E-state index in [1.807, 2.05) is 25.1 Å². The predicted molar refractivity (Wildman–Crippen MR) is 61.9 cm³/mol. The number of H-pyrrole nitrogens is 1. The number of hydrogen-bond acceptors (Lipinski definition) is 3. The quantitative estimate of drug-likeness (QED) is 0.860. The van der Waals surface area contributed by atoms with E-state index in [-0.39, 0.29) is 0 Å². The summed E-state index contributed by atoms with van der Waals surface area (Å²) in [4.78, 5) is 7.34. The number of methoxy groups -OCH3 is 2. The lowest BCUT2D eigenvalue weighted by Gasteiger charge is -2.08. The Kier molecular flexibility index (Phi) is 2.81.